The van der Waals surface area contributed by atoms with Gasteiger partial charge in [-0.25, -0.2) is 0 Å². The monoisotopic (exact) mass is 826 g/mol. The maximum absolute atomic E-state index is 12.4. The summed E-state index contributed by atoms with van der Waals surface area (Å²) in [6.45, 7) is 4.25. The molecule has 4 heteroatoms. The summed E-state index contributed by atoms with van der Waals surface area (Å²) in [5.41, 5.74) is 0. The van der Waals surface area contributed by atoms with Crippen LogP contribution in [0.2, 0.25) is 0 Å². The summed E-state index contributed by atoms with van der Waals surface area (Å²) >= 11 is 0. The van der Waals surface area contributed by atoms with Gasteiger partial charge in [-0.2, -0.15) is 0 Å². The van der Waals surface area contributed by atoms with Gasteiger partial charge in [-0.15, -0.1) is 0 Å². The van der Waals surface area contributed by atoms with Gasteiger partial charge in [-0.05, 0) is 51.4 Å². The smallest absolute Gasteiger partial charge is 0.220 e. The molecule has 0 saturated carbocycles. The van der Waals surface area contributed by atoms with E-state index in [0.29, 0.717) is 12.8 Å². The van der Waals surface area contributed by atoms with E-state index in [0.717, 1.165) is 70.6 Å². The van der Waals surface area contributed by atoms with Gasteiger partial charge in [0.25, 0.3) is 0 Å². The molecule has 0 radical (unpaired) electrons. The minimum atomic E-state index is -0.672. The molecule has 0 spiro atoms. The minimum Gasteiger partial charge on any atom is -0.394 e. The highest BCUT2D eigenvalue weighted by atomic mass is 16.3. The Hall–Kier alpha value is -1.65. The number of hydrogen-bond acceptors (Lipinski definition) is 3. The predicted octanol–water partition coefficient (Wildman–Crippen LogP) is 17.1. The molecule has 4 nitrogen and oxygen atoms in total. The van der Waals surface area contributed by atoms with Gasteiger partial charge in [0.05, 0.1) is 18.8 Å². The van der Waals surface area contributed by atoms with Crippen molar-refractivity contribution in [2.75, 3.05) is 6.61 Å². The Kier molecular flexibility index (Phi) is 49.3. The molecule has 0 aliphatic rings. The molecule has 0 bridgehead atoms. The fourth-order valence-corrected chi connectivity index (χ4v) is 8.12. The van der Waals surface area contributed by atoms with Crippen molar-refractivity contribution in [2.45, 2.75) is 289 Å². The number of rotatable bonds is 48. The number of aliphatic hydroxyl groups is 2. The fraction of sp³-hybridized carbons (Fsp3) is 0.836. The van der Waals surface area contributed by atoms with E-state index in [4.69, 9.17) is 0 Å². The lowest BCUT2D eigenvalue weighted by molar-refractivity contribution is -0.123. The number of nitrogens with one attached hydrogen (secondary N) is 1. The molecule has 0 heterocycles. The molecule has 3 N–H and O–H groups in total. The van der Waals surface area contributed by atoms with E-state index >= 15 is 0 Å². The Balaban J connectivity index is 3.45. The molecule has 0 aliphatic carbocycles. The van der Waals surface area contributed by atoms with E-state index in [1.54, 1.807) is 0 Å². The fourth-order valence-electron chi connectivity index (χ4n) is 8.12. The van der Waals surface area contributed by atoms with Crippen molar-refractivity contribution in [1.82, 2.24) is 5.32 Å². The SMILES string of the molecule is CC/C=C\C/C=C\C/C=C\C/C=C\CCCCCCC(=O)NC(CO)C(O)CCCCCCCCCCCCCCCCCCCCCCCCCCCCCCCC. The van der Waals surface area contributed by atoms with Crippen LogP contribution in [0.5, 0.6) is 0 Å². The number of carbonyl (C=O) groups excluding carboxylic acids is 1. The van der Waals surface area contributed by atoms with Gasteiger partial charge in [0.15, 0.2) is 0 Å². The second-order valence-electron chi connectivity index (χ2n) is 17.9. The van der Waals surface area contributed by atoms with Crippen molar-refractivity contribution < 1.29 is 15.0 Å². The number of unbranched alkanes of at least 4 members (excludes halogenated alkanes) is 33. The highest BCUT2D eigenvalue weighted by molar-refractivity contribution is 5.76. The van der Waals surface area contributed by atoms with Crippen LogP contribution in [-0.2, 0) is 4.79 Å². The van der Waals surface area contributed by atoms with E-state index < -0.39 is 12.1 Å². The van der Waals surface area contributed by atoms with Crippen molar-refractivity contribution in [1.29, 1.82) is 0 Å². The van der Waals surface area contributed by atoms with Crippen LogP contribution in [-0.4, -0.2) is 34.9 Å². The first kappa shape index (κ1) is 57.3. The van der Waals surface area contributed by atoms with Crippen LogP contribution in [0, 0.1) is 0 Å². The zero-order valence-electron chi connectivity index (χ0n) is 39.8. The zero-order chi connectivity index (χ0) is 42.8. The molecular formula is C55H103NO3. The summed E-state index contributed by atoms with van der Waals surface area (Å²) in [5.74, 6) is -0.0530. The third-order valence-corrected chi connectivity index (χ3v) is 12.1. The molecule has 0 rings (SSSR count). The molecule has 0 fully saturated rings. The first-order valence-corrected chi connectivity index (χ1v) is 26.3. The summed E-state index contributed by atoms with van der Waals surface area (Å²) in [5, 5.41) is 23.3. The molecule has 346 valence electrons. The van der Waals surface area contributed by atoms with Gasteiger partial charge in [-0.1, -0.05) is 268 Å². The quantitative estimate of drug-likeness (QED) is 0.0423. The van der Waals surface area contributed by atoms with Gasteiger partial charge >= 0.3 is 0 Å². The first-order valence-electron chi connectivity index (χ1n) is 26.3. The number of hydrogen-bond donors (Lipinski definition) is 3. The Morgan fingerprint density at radius 1 is 0.424 bits per heavy atom. The number of aliphatic hydroxyl groups excluding tert-OH is 2. The van der Waals surface area contributed by atoms with E-state index in [1.165, 1.54) is 180 Å². The first-order chi connectivity index (χ1) is 29.2. The van der Waals surface area contributed by atoms with Crippen molar-refractivity contribution in [3.05, 3.63) is 48.6 Å². The van der Waals surface area contributed by atoms with Gasteiger partial charge in [0.2, 0.25) is 5.91 Å². The molecule has 2 unspecified atom stereocenters. The maximum Gasteiger partial charge on any atom is 0.220 e. The molecule has 1 amide bonds. The Labute approximate surface area is 369 Å². The van der Waals surface area contributed by atoms with Gasteiger partial charge in [-0.3, -0.25) is 4.79 Å². The second kappa shape index (κ2) is 50.7. The molecule has 0 aliphatic heterocycles. The molecule has 2 atom stereocenters. The maximum atomic E-state index is 12.4. The average Bonchev–Trinajstić information content (AvgIpc) is 3.24. The Morgan fingerprint density at radius 3 is 1.12 bits per heavy atom. The lowest BCUT2D eigenvalue weighted by Gasteiger charge is -2.22. The highest BCUT2D eigenvalue weighted by Crippen LogP contribution is 2.17. The highest BCUT2D eigenvalue weighted by Gasteiger charge is 2.20. The van der Waals surface area contributed by atoms with Gasteiger partial charge < -0.3 is 15.5 Å². The number of allylic oxidation sites excluding steroid dienone is 8. The van der Waals surface area contributed by atoms with Gasteiger partial charge in [0, 0.05) is 6.42 Å². The van der Waals surface area contributed by atoms with Crippen molar-refractivity contribution >= 4 is 5.91 Å². The summed E-state index contributed by atoms with van der Waals surface area (Å²) in [7, 11) is 0. The zero-order valence-corrected chi connectivity index (χ0v) is 39.8. The van der Waals surface area contributed by atoms with Crippen LogP contribution < -0.4 is 5.32 Å². The van der Waals surface area contributed by atoms with Crippen LogP contribution in [0.3, 0.4) is 0 Å². The predicted molar refractivity (Wildman–Crippen MR) is 262 cm³/mol. The van der Waals surface area contributed by atoms with Crippen molar-refractivity contribution in [2.24, 2.45) is 0 Å². The molecule has 0 saturated heterocycles. The van der Waals surface area contributed by atoms with E-state index in [1.807, 2.05) is 0 Å². The molecular weight excluding hydrogens is 723 g/mol. The summed E-state index contributed by atoms with van der Waals surface area (Å²) in [4.78, 5) is 12.4. The van der Waals surface area contributed by atoms with Crippen LogP contribution in [0.15, 0.2) is 48.6 Å². The molecule has 59 heavy (non-hydrogen) atoms. The normalized spacial score (nSPS) is 13.2. The topological polar surface area (TPSA) is 69.6 Å². The lowest BCUT2D eigenvalue weighted by Crippen LogP contribution is -2.45. The van der Waals surface area contributed by atoms with Crippen LogP contribution in [0.4, 0.5) is 0 Å². The third-order valence-electron chi connectivity index (χ3n) is 12.1. The van der Waals surface area contributed by atoms with Crippen LogP contribution >= 0.6 is 0 Å². The second-order valence-corrected chi connectivity index (χ2v) is 17.9. The van der Waals surface area contributed by atoms with Crippen molar-refractivity contribution in [3.8, 4) is 0 Å². The van der Waals surface area contributed by atoms with E-state index in [2.05, 4.69) is 67.8 Å². The van der Waals surface area contributed by atoms with E-state index in [9.17, 15) is 15.0 Å². The molecule has 0 aromatic rings. The third kappa shape index (κ3) is 47.3. The van der Waals surface area contributed by atoms with E-state index in [-0.39, 0.29) is 12.5 Å². The van der Waals surface area contributed by atoms with Crippen LogP contribution in [0.25, 0.3) is 0 Å². The Morgan fingerprint density at radius 2 is 0.746 bits per heavy atom. The minimum absolute atomic E-state index is 0.0530. The summed E-state index contributed by atoms with van der Waals surface area (Å²) < 4.78 is 0. The molecule has 0 aromatic heterocycles. The largest absolute Gasteiger partial charge is 0.394 e. The standard InChI is InChI=1S/C55H103NO3/c1-3-5-7-9-11-13-15-17-19-21-22-23-24-25-26-27-28-29-30-31-32-33-35-36-38-40-42-44-46-48-50-54(58)53(52-57)56-55(59)51-49-47-45-43-41-39-37-34-20-18-16-14-12-10-8-6-4-2/h6,8,12,14,18,20,37,39,53-54,57-58H,3-5,7,9-11,13,15-17,19,21-36,38,40-52H2,1-2H3,(H,56,59)/b8-6-,14-12-,20-18-,39-37-. The summed E-state index contributed by atoms with van der Waals surface area (Å²) in [6, 6.07) is -0.552. The van der Waals surface area contributed by atoms with Crippen LogP contribution in [0.1, 0.15) is 277 Å². The molecule has 0 aromatic carbocycles. The van der Waals surface area contributed by atoms with Gasteiger partial charge in [0.1, 0.15) is 0 Å². The lowest BCUT2D eigenvalue weighted by atomic mass is 10.0. The average molecular weight is 826 g/mol. The Bertz CT molecular complexity index is 939. The summed E-state index contributed by atoms with van der Waals surface area (Å²) in [6.07, 6.45) is 69.5. The number of amides is 1. The number of carbonyl (C=O) groups is 1. The van der Waals surface area contributed by atoms with Crippen molar-refractivity contribution in [3.63, 3.8) is 0 Å².